The van der Waals surface area contributed by atoms with E-state index in [1.165, 1.54) is 18.7 Å². The number of rotatable bonds is 7. The molecular formula is C20H24N6O5S. The molecule has 2 aromatic heterocycles. The van der Waals surface area contributed by atoms with E-state index in [0.717, 1.165) is 22.7 Å². The van der Waals surface area contributed by atoms with Crippen LogP contribution in [0.2, 0.25) is 0 Å². The van der Waals surface area contributed by atoms with Gasteiger partial charge in [-0.25, -0.2) is 9.78 Å². The zero-order chi connectivity index (χ0) is 23.4. The Hall–Kier alpha value is -3.54. The van der Waals surface area contributed by atoms with Gasteiger partial charge in [0.05, 0.1) is 12.9 Å². The Bertz CT molecular complexity index is 1270. The Morgan fingerprint density at radius 3 is 2.41 bits per heavy atom. The van der Waals surface area contributed by atoms with Crippen LogP contribution < -0.4 is 26.8 Å². The van der Waals surface area contributed by atoms with Crippen LogP contribution in [0.15, 0.2) is 39.0 Å². The maximum atomic E-state index is 12.6. The summed E-state index contributed by atoms with van der Waals surface area (Å²) in [5.74, 6) is -0.356. The minimum Gasteiger partial charge on any atom is -0.497 e. The summed E-state index contributed by atoms with van der Waals surface area (Å²) >= 11 is 1.11. The molecule has 2 amide bonds. The molecule has 3 aromatic rings. The summed E-state index contributed by atoms with van der Waals surface area (Å²) in [7, 11) is 4.49. The number of nitrogens with zero attached hydrogens (tertiary/aromatic N) is 4. The number of aromatic nitrogens is 4. The standard InChI is InChI=1S/C20H24N6O5S/c1-5-10-26-15-16(24(2)20(30)25(3)18(15)29)21-19(26)32-11-14(27)22-23-17(28)12-6-8-13(31-4)9-7-12/h6-9H,5,10-11H2,1-4H3,(H,22,27)(H,23,28). The predicted octanol–water partition coefficient (Wildman–Crippen LogP) is 0.406. The summed E-state index contributed by atoms with van der Waals surface area (Å²) in [4.78, 5) is 53.7. The first kappa shape index (κ1) is 23.1. The van der Waals surface area contributed by atoms with Crippen LogP contribution in [0.5, 0.6) is 5.75 Å². The van der Waals surface area contributed by atoms with E-state index in [2.05, 4.69) is 15.8 Å². The number of carbonyl (C=O) groups is 2. The van der Waals surface area contributed by atoms with Crippen molar-refractivity contribution in [3.63, 3.8) is 0 Å². The first-order chi connectivity index (χ1) is 15.3. The fraction of sp³-hybridized carbons (Fsp3) is 0.350. The van der Waals surface area contributed by atoms with E-state index >= 15 is 0 Å². The van der Waals surface area contributed by atoms with E-state index in [9.17, 15) is 19.2 Å². The van der Waals surface area contributed by atoms with Crippen LogP contribution in [0.4, 0.5) is 0 Å². The van der Waals surface area contributed by atoms with E-state index < -0.39 is 23.1 Å². The zero-order valence-corrected chi connectivity index (χ0v) is 19.0. The Balaban J connectivity index is 1.71. The van der Waals surface area contributed by atoms with Gasteiger partial charge in [0.2, 0.25) is 5.91 Å². The summed E-state index contributed by atoms with van der Waals surface area (Å²) in [6.07, 6.45) is 0.731. The molecule has 0 fully saturated rings. The van der Waals surface area contributed by atoms with Crippen molar-refractivity contribution in [2.75, 3.05) is 12.9 Å². The molecule has 0 atom stereocenters. The lowest BCUT2D eigenvalue weighted by molar-refractivity contribution is -0.119. The quantitative estimate of drug-likeness (QED) is 0.386. The largest absolute Gasteiger partial charge is 0.497 e. The van der Waals surface area contributed by atoms with Gasteiger partial charge in [0, 0.05) is 26.2 Å². The summed E-state index contributed by atoms with van der Waals surface area (Å²) in [5.41, 5.74) is 4.74. The van der Waals surface area contributed by atoms with Crippen molar-refractivity contribution in [2.45, 2.75) is 25.0 Å². The van der Waals surface area contributed by atoms with Gasteiger partial charge < -0.3 is 9.30 Å². The molecule has 0 spiro atoms. The third kappa shape index (κ3) is 4.54. The van der Waals surface area contributed by atoms with Crippen LogP contribution in [0.1, 0.15) is 23.7 Å². The topological polar surface area (TPSA) is 129 Å². The van der Waals surface area contributed by atoms with Crippen LogP contribution in [-0.4, -0.2) is 43.4 Å². The predicted molar refractivity (Wildman–Crippen MR) is 120 cm³/mol. The second-order valence-corrected chi connectivity index (χ2v) is 7.89. The van der Waals surface area contributed by atoms with E-state index in [4.69, 9.17) is 4.74 Å². The SMILES string of the molecule is CCCn1c(SCC(=O)NNC(=O)c2ccc(OC)cc2)nc2c1c(=O)n(C)c(=O)n2C. The number of hydrazine groups is 1. The molecule has 1 aromatic carbocycles. The molecule has 0 aliphatic rings. The fourth-order valence-corrected chi connectivity index (χ4v) is 3.90. The van der Waals surface area contributed by atoms with Crippen molar-refractivity contribution in [1.29, 1.82) is 0 Å². The third-order valence-corrected chi connectivity index (χ3v) is 5.74. The Kier molecular flexibility index (Phi) is 7.03. The average Bonchev–Trinajstić information content (AvgIpc) is 3.17. The third-order valence-electron chi connectivity index (χ3n) is 4.76. The molecule has 0 aliphatic carbocycles. The first-order valence-corrected chi connectivity index (χ1v) is 10.8. The van der Waals surface area contributed by atoms with E-state index in [0.29, 0.717) is 28.5 Å². The zero-order valence-electron chi connectivity index (χ0n) is 18.2. The number of hydrogen-bond donors (Lipinski definition) is 2. The van der Waals surface area contributed by atoms with Crippen LogP contribution in [0, 0.1) is 0 Å². The van der Waals surface area contributed by atoms with Crippen molar-refractivity contribution in [1.82, 2.24) is 29.5 Å². The lowest BCUT2D eigenvalue weighted by Gasteiger charge is -2.09. The molecule has 0 bridgehead atoms. The van der Waals surface area contributed by atoms with Crippen molar-refractivity contribution in [3.05, 3.63) is 50.7 Å². The number of amides is 2. The number of nitrogens with one attached hydrogen (secondary N) is 2. The van der Waals surface area contributed by atoms with E-state index in [1.807, 2.05) is 6.92 Å². The van der Waals surface area contributed by atoms with Gasteiger partial charge in [-0.3, -0.25) is 34.4 Å². The molecule has 3 rings (SSSR count). The number of fused-ring (bicyclic) bond motifs is 1. The van der Waals surface area contributed by atoms with Crippen LogP contribution in [-0.2, 0) is 25.4 Å². The van der Waals surface area contributed by atoms with Gasteiger partial charge in [0.1, 0.15) is 5.75 Å². The number of imidazole rings is 1. The summed E-state index contributed by atoms with van der Waals surface area (Å²) in [5, 5.41) is 0.441. The molecule has 11 nitrogen and oxygen atoms in total. The second-order valence-electron chi connectivity index (χ2n) is 6.94. The van der Waals surface area contributed by atoms with Crippen LogP contribution in [0.3, 0.4) is 0 Å². The van der Waals surface area contributed by atoms with Crippen molar-refractivity contribution in [2.24, 2.45) is 14.1 Å². The molecule has 0 saturated carbocycles. The number of ether oxygens (including phenoxy) is 1. The molecule has 0 radical (unpaired) electrons. The van der Waals surface area contributed by atoms with Crippen molar-refractivity contribution >= 4 is 34.7 Å². The molecule has 2 heterocycles. The normalized spacial score (nSPS) is 10.9. The van der Waals surface area contributed by atoms with Gasteiger partial charge in [-0.05, 0) is 30.7 Å². The molecule has 32 heavy (non-hydrogen) atoms. The highest BCUT2D eigenvalue weighted by molar-refractivity contribution is 7.99. The molecule has 2 N–H and O–H groups in total. The number of aryl methyl sites for hydroxylation is 2. The van der Waals surface area contributed by atoms with Crippen molar-refractivity contribution < 1.29 is 14.3 Å². The van der Waals surface area contributed by atoms with E-state index in [-0.39, 0.29) is 11.4 Å². The monoisotopic (exact) mass is 460 g/mol. The Labute approximate surface area is 187 Å². The van der Waals surface area contributed by atoms with Crippen LogP contribution >= 0.6 is 11.8 Å². The number of hydrogen-bond acceptors (Lipinski definition) is 7. The second kappa shape index (κ2) is 9.73. The lowest BCUT2D eigenvalue weighted by atomic mass is 10.2. The average molecular weight is 461 g/mol. The summed E-state index contributed by atoms with van der Waals surface area (Å²) < 4.78 is 9.10. The highest BCUT2D eigenvalue weighted by Crippen LogP contribution is 2.21. The smallest absolute Gasteiger partial charge is 0.332 e. The molecule has 0 unspecified atom stereocenters. The van der Waals surface area contributed by atoms with E-state index in [1.54, 1.807) is 35.9 Å². The van der Waals surface area contributed by atoms with Gasteiger partial charge >= 0.3 is 5.69 Å². The molecular weight excluding hydrogens is 436 g/mol. The summed E-state index contributed by atoms with van der Waals surface area (Å²) in [6, 6.07) is 6.44. The minimum absolute atomic E-state index is 0.0514. The maximum Gasteiger partial charge on any atom is 0.332 e. The number of thioether (sulfide) groups is 1. The van der Waals surface area contributed by atoms with Gasteiger partial charge in [-0.1, -0.05) is 18.7 Å². The van der Waals surface area contributed by atoms with Gasteiger partial charge in [0.15, 0.2) is 16.3 Å². The Morgan fingerprint density at radius 2 is 1.78 bits per heavy atom. The Morgan fingerprint density at radius 1 is 1.09 bits per heavy atom. The number of carbonyl (C=O) groups excluding carboxylic acids is 2. The summed E-state index contributed by atoms with van der Waals surface area (Å²) in [6.45, 7) is 2.45. The van der Waals surface area contributed by atoms with Crippen LogP contribution in [0.25, 0.3) is 11.2 Å². The van der Waals surface area contributed by atoms with Gasteiger partial charge in [-0.15, -0.1) is 0 Å². The molecule has 170 valence electrons. The van der Waals surface area contributed by atoms with Gasteiger partial charge in [-0.2, -0.15) is 0 Å². The lowest BCUT2D eigenvalue weighted by Crippen LogP contribution is -2.42. The number of methoxy groups -OCH3 is 1. The van der Waals surface area contributed by atoms with Gasteiger partial charge in [0.25, 0.3) is 11.5 Å². The van der Waals surface area contributed by atoms with Crippen molar-refractivity contribution in [3.8, 4) is 5.75 Å². The minimum atomic E-state index is -0.473. The molecule has 0 aliphatic heterocycles. The number of benzene rings is 1. The first-order valence-electron chi connectivity index (χ1n) is 9.80. The fourth-order valence-electron chi connectivity index (χ4n) is 3.07. The maximum absolute atomic E-state index is 12.6. The molecule has 12 heteroatoms. The molecule has 0 saturated heterocycles. The highest BCUT2D eigenvalue weighted by atomic mass is 32.2. The highest BCUT2D eigenvalue weighted by Gasteiger charge is 2.19.